The molecule has 5 nitrogen and oxygen atoms in total. The van der Waals surface area contributed by atoms with E-state index in [1.165, 1.54) is 10.4 Å². The molecule has 2 rings (SSSR count). The Morgan fingerprint density at radius 1 is 1.47 bits per heavy atom. The standard InChI is InChI=1S/C13H21N5S/c1-5-14-10(2)12-7-15-13(19-12)17(3)8-11-6-16-18(4)9-11/h6-7,9-10,14H,5,8H2,1-4H3. The minimum Gasteiger partial charge on any atom is -0.347 e. The number of hydrogen-bond donors (Lipinski definition) is 1. The highest BCUT2D eigenvalue weighted by Gasteiger charge is 2.12. The van der Waals surface area contributed by atoms with Gasteiger partial charge in [-0.25, -0.2) is 4.98 Å². The maximum atomic E-state index is 4.50. The molecule has 0 spiro atoms. The van der Waals surface area contributed by atoms with E-state index in [0.29, 0.717) is 6.04 Å². The third-order valence-electron chi connectivity index (χ3n) is 2.95. The third-order valence-corrected chi connectivity index (χ3v) is 4.25. The normalized spacial score (nSPS) is 12.6. The minimum absolute atomic E-state index is 0.364. The fraction of sp³-hybridized carbons (Fsp3) is 0.538. The van der Waals surface area contributed by atoms with Crippen LogP contribution in [0.3, 0.4) is 0 Å². The van der Waals surface area contributed by atoms with Crippen LogP contribution in [0, 0.1) is 0 Å². The molecule has 1 atom stereocenters. The number of anilines is 1. The van der Waals surface area contributed by atoms with Gasteiger partial charge < -0.3 is 10.2 Å². The molecule has 0 aliphatic rings. The van der Waals surface area contributed by atoms with Gasteiger partial charge in [-0.15, -0.1) is 11.3 Å². The maximum absolute atomic E-state index is 4.50. The summed E-state index contributed by atoms with van der Waals surface area (Å²) in [4.78, 5) is 7.93. The van der Waals surface area contributed by atoms with E-state index in [0.717, 1.165) is 18.2 Å². The van der Waals surface area contributed by atoms with Crippen LogP contribution < -0.4 is 10.2 Å². The summed E-state index contributed by atoms with van der Waals surface area (Å²) in [6, 6.07) is 0.364. The quantitative estimate of drug-likeness (QED) is 0.880. The first kappa shape index (κ1) is 14.0. The molecule has 2 aromatic rings. The molecule has 0 aliphatic heterocycles. The first-order valence-electron chi connectivity index (χ1n) is 6.48. The smallest absolute Gasteiger partial charge is 0.185 e. The van der Waals surface area contributed by atoms with Crippen molar-refractivity contribution in [3.63, 3.8) is 0 Å². The van der Waals surface area contributed by atoms with Crippen LogP contribution in [0.5, 0.6) is 0 Å². The van der Waals surface area contributed by atoms with Crippen molar-refractivity contribution in [1.29, 1.82) is 0 Å². The van der Waals surface area contributed by atoms with Gasteiger partial charge >= 0.3 is 0 Å². The van der Waals surface area contributed by atoms with Gasteiger partial charge in [-0.1, -0.05) is 6.92 Å². The van der Waals surface area contributed by atoms with Crippen molar-refractivity contribution < 1.29 is 0 Å². The summed E-state index contributed by atoms with van der Waals surface area (Å²) in [6.45, 7) is 6.09. The van der Waals surface area contributed by atoms with Crippen molar-refractivity contribution in [2.24, 2.45) is 7.05 Å². The second-order valence-corrected chi connectivity index (χ2v) is 5.74. The van der Waals surface area contributed by atoms with Gasteiger partial charge in [0, 0.05) is 49.5 Å². The Morgan fingerprint density at radius 3 is 2.89 bits per heavy atom. The maximum Gasteiger partial charge on any atom is 0.185 e. The van der Waals surface area contributed by atoms with Crippen LogP contribution in [0.2, 0.25) is 0 Å². The molecule has 0 radical (unpaired) electrons. The Balaban J connectivity index is 2.01. The summed E-state index contributed by atoms with van der Waals surface area (Å²) in [5.41, 5.74) is 1.20. The van der Waals surface area contributed by atoms with Crippen LogP contribution in [0.1, 0.15) is 30.3 Å². The topological polar surface area (TPSA) is 46.0 Å². The lowest BCUT2D eigenvalue weighted by molar-refractivity contribution is 0.606. The molecule has 0 aromatic carbocycles. The van der Waals surface area contributed by atoms with E-state index in [9.17, 15) is 0 Å². The van der Waals surface area contributed by atoms with Gasteiger partial charge in [0.25, 0.3) is 0 Å². The number of rotatable bonds is 6. The Kier molecular flexibility index (Phi) is 4.55. The van der Waals surface area contributed by atoms with E-state index < -0.39 is 0 Å². The van der Waals surface area contributed by atoms with Crippen molar-refractivity contribution in [3.8, 4) is 0 Å². The molecule has 6 heteroatoms. The van der Waals surface area contributed by atoms with Crippen molar-refractivity contribution in [2.45, 2.75) is 26.4 Å². The molecule has 0 amide bonds. The summed E-state index contributed by atoms with van der Waals surface area (Å²) in [6.07, 6.45) is 5.89. The Hall–Kier alpha value is -1.40. The van der Waals surface area contributed by atoms with Crippen molar-refractivity contribution in [3.05, 3.63) is 29.0 Å². The molecule has 1 unspecified atom stereocenters. The zero-order valence-electron chi connectivity index (χ0n) is 11.9. The number of nitrogens with zero attached hydrogens (tertiary/aromatic N) is 4. The molecule has 104 valence electrons. The third kappa shape index (κ3) is 3.54. The molecule has 0 aliphatic carbocycles. The number of aromatic nitrogens is 3. The lowest BCUT2D eigenvalue weighted by Crippen LogP contribution is -2.16. The predicted octanol–water partition coefficient (Wildman–Crippen LogP) is 2.18. The zero-order chi connectivity index (χ0) is 13.8. The summed E-state index contributed by atoms with van der Waals surface area (Å²) < 4.78 is 1.82. The van der Waals surface area contributed by atoms with Gasteiger partial charge in [0.15, 0.2) is 5.13 Å². The first-order valence-corrected chi connectivity index (χ1v) is 7.29. The highest BCUT2D eigenvalue weighted by molar-refractivity contribution is 7.15. The molecular formula is C13H21N5S. The molecule has 0 fully saturated rings. The average molecular weight is 279 g/mol. The van der Waals surface area contributed by atoms with E-state index in [1.54, 1.807) is 11.3 Å². The van der Waals surface area contributed by atoms with Gasteiger partial charge in [0.05, 0.1) is 6.20 Å². The fourth-order valence-electron chi connectivity index (χ4n) is 1.96. The summed E-state index contributed by atoms with van der Waals surface area (Å²) in [7, 11) is 4.00. The SMILES string of the molecule is CCNC(C)c1cnc(N(C)Cc2cnn(C)c2)s1. The molecule has 0 bridgehead atoms. The van der Waals surface area contributed by atoms with Gasteiger partial charge in [-0.3, -0.25) is 4.68 Å². The Labute approximate surface area is 118 Å². The van der Waals surface area contributed by atoms with Crippen LogP contribution in [0.25, 0.3) is 0 Å². The van der Waals surface area contributed by atoms with Crippen molar-refractivity contribution in [1.82, 2.24) is 20.1 Å². The van der Waals surface area contributed by atoms with Gasteiger partial charge in [0.1, 0.15) is 0 Å². The Bertz CT molecular complexity index is 519. The molecular weight excluding hydrogens is 258 g/mol. The molecule has 0 saturated heterocycles. The number of nitrogens with one attached hydrogen (secondary N) is 1. The second kappa shape index (κ2) is 6.16. The van der Waals surface area contributed by atoms with Gasteiger partial charge in [-0.2, -0.15) is 5.10 Å². The lowest BCUT2D eigenvalue weighted by atomic mass is 10.3. The number of hydrogen-bond acceptors (Lipinski definition) is 5. The van der Waals surface area contributed by atoms with Crippen LogP contribution in [0.4, 0.5) is 5.13 Å². The van der Waals surface area contributed by atoms with E-state index >= 15 is 0 Å². The predicted molar refractivity (Wildman–Crippen MR) is 79.5 cm³/mol. The molecule has 1 N–H and O–H groups in total. The van der Waals surface area contributed by atoms with Gasteiger partial charge in [0.2, 0.25) is 0 Å². The van der Waals surface area contributed by atoms with E-state index in [1.807, 2.05) is 30.3 Å². The van der Waals surface area contributed by atoms with Crippen LogP contribution in [0.15, 0.2) is 18.6 Å². The van der Waals surface area contributed by atoms with Crippen molar-refractivity contribution in [2.75, 3.05) is 18.5 Å². The largest absolute Gasteiger partial charge is 0.347 e. The monoisotopic (exact) mass is 279 g/mol. The average Bonchev–Trinajstić information content (AvgIpc) is 2.98. The van der Waals surface area contributed by atoms with E-state index in [2.05, 4.69) is 41.2 Å². The van der Waals surface area contributed by atoms with Gasteiger partial charge in [-0.05, 0) is 13.5 Å². The molecule has 2 aromatic heterocycles. The number of aryl methyl sites for hydroxylation is 1. The number of thiazole rings is 1. The van der Waals surface area contributed by atoms with Crippen LogP contribution in [-0.4, -0.2) is 28.4 Å². The first-order chi connectivity index (χ1) is 9.10. The molecule has 0 saturated carbocycles. The van der Waals surface area contributed by atoms with Crippen LogP contribution in [-0.2, 0) is 13.6 Å². The van der Waals surface area contributed by atoms with E-state index in [-0.39, 0.29) is 0 Å². The fourth-order valence-corrected chi connectivity index (χ4v) is 2.86. The zero-order valence-corrected chi connectivity index (χ0v) is 12.7. The highest BCUT2D eigenvalue weighted by atomic mass is 32.1. The minimum atomic E-state index is 0.364. The van der Waals surface area contributed by atoms with Crippen LogP contribution >= 0.6 is 11.3 Å². The Morgan fingerprint density at radius 2 is 2.26 bits per heavy atom. The second-order valence-electron chi connectivity index (χ2n) is 4.70. The van der Waals surface area contributed by atoms with E-state index in [4.69, 9.17) is 0 Å². The summed E-state index contributed by atoms with van der Waals surface area (Å²) >= 11 is 1.74. The van der Waals surface area contributed by atoms with Crippen molar-refractivity contribution >= 4 is 16.5 Å². The lowest BCUT2D eigenvalue weighted by Gasteiger charge is -2.14. The molecule has 19 heavy (non-hydrogen) atoms. The summed E-state index contributed by atoms with van der Waals surface area (Å²) in [5.74, 6) is 0. The highest BCUT2D eigenvalue weighted by Crippen LogP contribution is 2.27. The molecule has 2 heterocycles. The summed E-state index contributed by atoms with van der Waals surface area (Å²) in [5, 5.41) is 8.63.